The lowest BCUT2D eigenvalue weighted by Gasteiger charge is -2.29. The number of pyridine rings is 1. The van der Waals surface area contributed by atoms with Crippen LogP contribution in [0.1, 0.15) is 35.2 Å². The number of likely N-dealkylation sites (tertiary alicyclic amines) is 1. The predicted molar refractivity (Wildman–Crippen MR) is 130 cm³/mol. The van der Waals surface area contributed by atoms with Crippen LogP contribution in [0, 0.1) is 0 Å². The SMILES string of the molecule is O=C(Oc1ccc(Br)cc1)N1CCC(=C2c3ccc(Cl)cc3CCc3cccnc32)CC1. The Morgan fingerprint density at radius 2 is 1.72 bits per heavy atom. The number of carbonyl (C=O) groups is 1. The van der Waals surface area contributed by atoms with Crippen molar-refractivity contribution in [2.24, 2.45) is 0 Å². The fourth-order valence-corrected chi connectivity index (χ4v) is 4.97. The summed E-state index contributed by atoms with van der Waals surface area (Å²) in [6, 6.07) is 17.6. The zero-order valence-electron chi connectivity index (χ0n) is 17.5. The molecule has 0 unspecified atom stereocenters. The van der Waals surface area contributed by atoms with Crippen molar-refractivity contribution in [3.63, 3.8) is 0 Å². The topological polar surface area (TPSA) is 42.4 Å². The number of aryl methyl sites for hydroxylation is 2. The van der Waals surface area contributed by atoms with Crippen LogP contribution in [0.15, 0.2) is 70.8 Å². The van der Waals surface area contributed by atoms with Crippen LogP contribution in [-0.4, -0.2) is 29.1 Å². The number of amides is 1. The molecule has 0 bridgehead atoms. The molecule has 32 heavy (non-hydrogen) atoms. The highest BCUT2D eigenvalue weighted by Crippen LogP contribution is 2.38. The molecule has 162 valence electrons. The van der Waals surface area contributed by atoms with Gasteiger partial charge in [0.25, 0.3) is 0 Å². The molecular formula is C26H22BrClN2O2. The van der Waals surface area contributed by atoms with Gasteiger partial charge in [-0.1, -0.05) is 45.2 Å². The molecule has 5 rings (SSSR count). The van der Waals surface area contributed by atoms with Gasteiger partial charge in [-0.15, -0.1) is 0 Å². The molecule has 2 aromatic carbocycles. The molecule has 1 amide bonds. The second-order valence-corrected chi connectivity index (χ2v) is 9.45. The van der Waals surface area contributed by atoms with Crippen LogP contribution in [0.3, 0.4) is 0 Å². The van der Waals surface area contributed by atoms with Crippen LogP contribution in [0.4, 0.5) is 4.79 Å². The van der Waals surface area contributed by atoms with E-state index in [1.165, 1.54) is 27.8 Å². The summed E-state index contributed by atoms with van der Waals surface area (Å²) in [5.74, 6) is 0.551. The fraction of sp³-hybridized carbons (Fsp3) is 0.231. The van der Waals surface area contributed by atoms with Gasteiger partial charge >= 0.3 is 6.09 Å². The van der Waals surface area contributed by atoms with E-state index in [0.29, 0.717) is 18.8 Å². The number of nitrogens with zero attached hydrogens (tertiary/aromatic N) is 2. The first-order valence-corrected chi connectivity index (χ1v) is 11.9. The number of piperidine rings is 1. The first-order valence-electron chi connectivity index (χ1n) is 10.8. The molecular weight excluding hydrogens is 488 g/mol. The summed E-state index contributed by atoms with van der Waals surface area (Å²) >= 11 is 9.71. The van der Waals surface area contributed by atoms with E-state index in [9.17, 15) is 4.79 Å². The quantitative estimate of drug-likeness (QED) is 0.367. The van der Waals surface area contributed by atoms with E-state index in [1.807, 2.05) is 30.5 Å². The Morgan fingerprint density at radius 3 is 2.50 bits per heavy atom. The van der Waals surface area contributed by atoms with E-state index in [4.69, 9.17) is 21.3 Å². The molecule has 6 heteroatoms. The number of carbonyl (C=O) groups excluding carboxylic acids is 1. The molecule has 0 saturated carbocycles. The number of hydrogen-bond donors (Lipinski definition) is 0. The summed E-state index contributed by atoms with van der Waals surface area (Å²) in [4.78, 5) is 19.2. The number of ether oxygens (including phenoxy) is 1. The maximum Gasteiger partial charge on any atom is 0.415 e. The third kappa shape index (κ3) is 4.32. The zero-order chi connectivity index (χ0) is 22.1. The van der Waals surface area contributed by atoms with Crippen LogP contribution in [0.2, 0.25) is 5.02 Å². The van der Waals surface area contributed by atoms with Gasteiger partial charge < -0.3 is 9.64 Å². The van der Waals surface area contributed by atoms with Gasteiger partial charge in [0.2, 0.25) is 0 Å². The fourth-order valence-electron chi connectivity index (χ4n) is 4.51. The van der Waals surface area contributed by atoms with Crippen molar-refractivity contribution in [3.8, 4) is 5.75 Å². The molecule has 3 aromatic rings. The lowest BCUT2D eigenvalue weighted by Crippen LogP contribution is -2.38. The molecule has 0 N–H and O–H groups in total. The number of hydrogen-bond acceptors (Lipinski definition) is 3. The van der Waals surface area contributed by atoms with E-state index >= 15 is 0 Å². The summed E-state index contributed by atoms with van der Waals surface area (Å²) in [5, 5.41) is 0.762. The summed E-state index contributed by atoms with van der Waals surface area (Å²) in [6.07, 6.45) is 5.04. The van der Waals surface area contributed by atoms with E-state index < -0.39 is 0 Å². The average Bonchev–Trinajstić information content (AvgIpc) is 2.97. The maximum absolute atomic E-state index is 12.7. The van der Waals surface area contributed by atoms with Crippen molar-refractivity contribution >= 4 is 39.2 Å². The standard InChI is InChI=1S/C26H22BrClN2O2/c27-20-5-8-22(9-6-20)32-26(31)30-14-11-17(12-15-30)24-23-10-7-21(28)16-19(23)4-3-18-2-1-13-29-25(18)24/h1-2,5-10,13,16H,3-4,11-12,14-15H2. The molecule has 4 nitrogen and oxygen atoms in total. The van der Waals surface area contributed by atoms with E-state index in [-0.39, 0.29) is 6.09 Å². The molecule has 1 saturated heterocycles. The van der Waals surface area contributed by atoms with Crippen molar-refractivity contribution in [2.45, 2.75) is 25.7 Å². The first kappa shape index (κ1) is 21.2. The number of fused-ring (bicyclic) bond motifs is 2. The summed E-state index contributed by atoms with van der Waals surface area (Å²) in [6.45, 7) is 1.25. The summed E-state index contributed by atoms with van der Waals surface area (Å²) in [7, 11) is 0. The maximum atomic E-state index is 12.7. The molecule has 1 aromatic heterocycles. The Hall–Kier alpha value is -2.63. The van der Waals surface area contributed by atoms with Crippen molar-refractivity contribution in [2.75, 3.05) is 13.1 Å². The highest BCUT2D eigenvalue weighted by Gasteiger charge is 2.27. The number of aromatic nitrogens is 1. The summed E-state index contributed by atoms with van der Waals surface area (Å²) < 4.78 is 6.51. The van der Waals surface area contributed by atoms with Crippen molar-refractivity contribution in [1.29, 1.82) is 0 Å². The highest BCUT2D eigenvalue weighted by molar-refractivity contribution is 9.10. The largest absolute Gasteiger partial charge is 0.415 e. The van der Waals surface area contributed by atoms with Gasteiger partial charge in [0.1, 0.15) is 5.75 Å². The van der Waals surface area contributed by atoms with Gasteiger partial charge in [-0.3, -0.25) is 4.98 Å². The molecule has 0 atom stereocenters. The van der Waals surface area contributed by atoms with Crippen molar-refractivity contribution in [3.05, 3.63) is 98.2 Å². The lowest BCUT2D eigenvalue weighted by molar-refractivity contribution is 0.148. The Labute approximate surface area is 201 Å². The van der Waals surface area contributed by atoms with Gasteiger partial charge in [-0.05, 0) is 84.8 Å². The molecule has 2 heterocycles. The van der Waals surface area contributed by atoms with Gasteiger partial charge in [-0.2, -0.15) is 0 Å². The second-order valence-electron chi connectivity index (χ2n) is 8.10. The summed E-state index contributed by atoms with van der Waals surface area (Å²) in [5.41, 5.74) is 7.35. The van der Waals surface area contributed by atoms with Crippen LogP contribution < -0.4 is 4.74 Å². The monoisotopic (exact) mass is 508 g/mol. The predicted octanol–water partition coefficient (Wildman–Crippen LogP) is 6.69. The van der Waals surface area contributed by atoms with Crippen LogP contribution in [0.5, 0.6) is 5.75 Å². The van der Waals surface area contributed by atoms with Gasteiger partial charge in [0.05, 0.1) is 5.69 Å². The first-order chi connectivity index (χ1) is 15.6. The molecule has 0 spiro atoms. The average molecular weight is 510 g/mol. The molecule has 2 aliphatic rings. The highest BCUT2D eigenvalue weighted by atomic mass is 79.9. The van der Waals surface area contributed by atoms with E-state index in [1.54, 1.807) is 17.0 Å². The Morgan fingerprint density at radius 1 is 0.969 bits per heavy atom. The molecule has 1 aliphatic heterocycles. The Kier molecular flexibility index (Phi) is 6.03. The van der Waals surface area contributed by atoms with E-state index in [0.717, 1.165) is 40.9 Å². The van der Waals surface area contributed by atoms with Crippen LogP contribution >= 0.6 is 27.5 Å². The number of halogens is 2. The minimum Gasteiger partial charge on any atom is -0.410 e. The van der Waals surface area contributed by atoms with Crippen LogP contribution in [-0.2, 0) is 12.8 Å². The van der Waals surface area contributed by atoms with Crippen molar-refractivity contribution in [1.82, 2.24) is 9.88 Å². The zero-order valence-corrected chi connectivity index (χ0v) is 19.8. The van der Waals surface area contributed by atoms with E-state index in [2.05, 4.69) is 34.1 Å². The minimum absolute atomic E-state index is 0.303. The smallest absolute Gasteiger partial charge is 0.410 e. The lowest BCUT2D eigenvalue weighted by atomic mass is 9.88. The van der Waals surface area contributed by atoms with Crippen LogP contribution in [0.25, 0.3) is 5.57 Å². The van der Waals surface area contributed by atoms with Gasteiger partial charge in [0.15, 0.2) is 0 Å². The number of benzene rings is 2. The third-order valence-electron chi connectivity index (χ3n) is 6.13. The van der Waals surface area contributed by atoms with Gasteiger partial charge in [0, 0.05) is 34.4 Å². The third-order valence-corrected chi connectivity index (χ3v) is 6.89. The molecule has 1 fully saturated rings. The Bertz CT molecular complexity index is 1200. The van der Waals surface area contributed by atoms with Crippen molar-refractivity contribution < 1.29 is 9.53 Å². The number of rotatable bonds is 1. The normalized spacial score (nSPS) is 15.6. The Balaban J connectivity index is 1.42. The minimum atomic E-state index is -0.303. The molecule has 0 radical (unpaired) electrons. The molecule has 1 aliphatic carbocycles. The van der Waals surface area contributed by atoms with Gasteiger partial charge in [-0.25, -0.2) is 4.79 Å². The second kappa shape index (κ2) is 9.08.